The fourth-order valence-corrected chi connectivity index (χ4v) is 11.9. The molecule has 3 aromatic rings. The van der Waals surface area contributed by atoms with Gasteiger partial charge in [0, 0.05) is 25.7 Å². The van der Waals surface area contributed by atoms with Crippen molar-refractivity contribution in [1.82, 2.24) is 10.6 Å². The Morgan fingerprint density at radius 1 is 0.448 bits per heavy atom. The van der Waals surface area contributed by atoms with Crippen molar-refractivity contribution >= 4 is 41.5 Å². The van der Waals surface area contributed by atoms with Gasteiger partial charge in [0.25, 0.3) is 0 Å². The maximum absolute atomic E-state index is 14.4. The van der Waals surface area contributed by atoms with Gasteiger partial charge in [-0.3, -0.25) is 38.9 Å². The summed E-state index contributed by atoms with van der Waals surface area (Å²) in [5.41, 5.74) is 2.23. The second kappa shape index (κ2) is 54.0. The Hall–Kier alpha value is -6.01. The number of amides is 1. The molecule has 17 heteroatoms. The van der Waals surface area contributed by atoms with Gasteiger partial charge in [-0.2, -0.15) is 0 Å². The number of carbonyl (C=O) groups excluding carboxylic acids is 7. The van der Waals surface area contributed by atoms with Crippen molar-refractivity contribution < 1.29 is 71.8 Å². The van der Waals surface area contributed by atoms with E-state index < -0.39 is 98.0 Å². The van der Waals surface area contributed by atoms with E-state index >= 15 is 0 Å². The first-order valence-corrected chi connectivity index (χ1v) is 37.4. The van der Waals surface area contributed by atoms with Crippen molar-refractivity contribution in [1.29, 1.82) is 0 Å². The molecule has 3 aromatic carbocycles. The summed E-state index contributed by atoms with van der Waals surface area (Å²) in [5.74, 6) is -4.07. The molecule has 0 saturated carbocycles. The van der Waals surface area contributed by atoms with Gasteiger partial charge in [0.1, 0.15) is 56.5 Å². The lowest BCUT2D eigenvalue weighted by atomic mass is 9.95. The molecule has 0 spiro atoms. The van der Waals surface area contributed by atoms with Crippen LogP contribution in [-0.2, 0) is 86.5 Å². The van der Waals surface area contributed by atoms with E-state index in [9.17, 15) is 38.7 Å². The van der Waals surface area contributed by atoms with Crippen LogP contribution in [0.5, 0.6) is 0 Å². The predicted molar refractivity (Wildman–Crippen MR) is 375 cm³/mol. The highest BCUT2D eigenvalue weighted by atomic mass is 16.7. The van der Waals surface area contributed by atoms with E-state index in [1.54, 1.807) is 24.3 Å². The number of Topliss-reactive ketones (excluding diaryl/α,β-unsaturated/α-hetero) is 1. The van der Waals surface area contributed by atoms with E-state index in [1.165, 1.54) is 116 Å². The Morgan fingerprint density at radius 2 is 0.833 bits per heavy atom. The average Bonchev–Trinajstić information content (AvgIpc) is 0.793. The number of hydrogen-bond acceptors (Lipinski definition) is 16. The van der Waals surface area contributed by atoms with Gasteiger partial charge >= 0.3 is 29.8 Å². The van der Waals surface area contributed by atoms with Crippen LogP contribution in [0.25, 0.3) is 0 Å². The first-order chi connectivity index (χ1) is 46.9. The molecule has 96 heavy (non-hydrogen) atoms. The van der Waals surface area contributed by atoms with Crippen LogP contribution in [0.4, 0.5) is 0 Å². The van der Waals surface area contributed by atoms with Crippen LogP contribution in [0.15, 0.2) is 91.0 Å². The van der Waals surface area contributed by atoms with Crippen molar-refractivity contribution in [2.75, 3.05) is 13.2 Å². The fourth-order valence-electron chi connectivity index (χ4n) is 11.9. The Kier molecular flexibility index (Phi) is 46.3. The van der Waals surface area contributed by atoms with E-state index in [4.69, 9.17) is 33.2 Å². The predicted octanol–water partition coefficient (Wildman–Crippen LogP) is 16.4. The molecule has 3 N–H and O–H groups in total. The summed E-state index contributed by atoms with van der Waals surface area (Å²) in [6.45, 7) is 5.69. The average molecular weight is 1340 g/mol. The summed E-state index contributed by atoms with van der Waals surface area (Å²) in [6.07, 6.45) is 26.1. The second-order valence-corrected chi connectivity index (χ2v) is 26.3. The van der Waals surface area contributed by atoms with Gasteiger partial charge in [0.15, 0.2) is 12.4 Å². The highest BCUT2D eigenvalue weighted by Gasteiger charge is 2.50. The fraction of sp³-hybridized carbons (Fsp3) is 0.684. The van der Waals surface area contributed by atoms with Crippen molar-refractivity contribution in [3.8, 4) is 0 Å². The highest BCUT2D eigenvalue weighted by Crippen LogP contribution is 2.29. The first kappa shape index (κ1) is 82.4. The van der Waals surface area contributed by atoms with E-state index in [-0.39, 0.29) is 57.8 Å². The Labute approximate surface area is 576 Å². The summed E-state index contributed by atoms with van der Waals surface area (Å²) in [4.78, 5) is 97.0. The summed E-state index contributed by atoms with van der Waals surface area (Å²) in [7, 11) is 0. The van der Waals surface area contributed by atoms with Crippen LogP contribution in [0.2, 0.25) is 0 Å². The number of hydrogen-bond donors (Lipinski definition) is 3. The van der Waals surface area contributed by atoms with Gasteiger partial charge < -0.3 is 43.6 Å². The van der Waals surface area contributed by atoms with Crippen LogP contribution in [0.3, 0.4) is 0 Å². The molecule has 0 radical (unpaired) electrons. The number of nitrogens with one attached hydrogen (secondary N) is 2. The van der Waals surface area contributed by atoms with Crippen molar-refractivity contribution in [2.24, 2.45) is 0 Å². The van der Waals surface area contributed by atoms with E-state index in [0.29, 0.717) is 25.7 Å². The number of carbonyl (C=O) groups is 7. The third-order valence-corrected chi connectivity index (χ3v) is 17.8. The lowest BCUT2D eigenvalue weighted by Gasteiger charge is -2.44. The molecule has 1 amide bonds. The number of rotatable bonds is 58. The molecule has 1 aliphatic heterocycles. The Balaban J connectivity index is 1.61. The van der Waals surface area contributed by atoms with Crippen molar-refractivity contribution in [3.05, 3.63) is 108 Å². The van der Waals surface area contributed by atoms with Gasteiger partial charge in [0.2, 0.25) is 5.91 Å². The number of unbranched alkanes of at least 4 members (excludes halogenated alkanes) is 29. The zero-order chi connectivity index (χ0) is 68.9. The summed E-state index contributed by atoms with van der Waals surface area (Å²) < 4.78 is 42.3. The lowest BCUT2D eigenvalue weighted by Crippen LogP contribution is -2.66. The van der Waals surface area contributed by atoms with Gasteiger partial charge in [-0.15, -0.1) is 0 Å². The molecular weight excluding hydrogens is 1220 g/mol. The largest absolute Gasteiger partial charge is 0.462 e. The molecule has 1 saturated heterocycles. The minimum absolute atomic E-state index is 0.00780. The maximum atomic E-state index is 14.4. The quantitative estimate of drug-likeness (QED) is 0.0271. The molecular formula is C79H122N2O15. The molecule has 538 valence electrons. The normalized spacial score (nSPS) is 16.4. The molecule has 1 unspecified atom stereocenters. The molecule has 17 nitrogen and oxygen atoms in total. The second-order valence-electron chi connectivity index (χ2n) is 26.3. The summed E-state index contributed by atoms with van der Waals surface area (Å²) in [5, 5.41) is 18.5. The van der Waals surface area contributed by atoms with Crippen LogP contribution in [-0.4, -0.2) is 103 Å². The van der Waals surface area contributed by atoms with E-state index in [1.807, 2.05) is 66.7 Å². The van der Waals surface area contributed by atoms with Gasteiger partial charge in [-0.1, -0.05) is 298 Å². The number of aliphatic hydroxyl groups excluding tert-OH is 1. The van der Waals surface area contributed by atoms with Crippen molar-refractivity contribution in [3.63, 3.8) is 0 Å². The van der Waals surface area contributed by atoms with Crippen molar-refractivity contribution in [2.45, 2.75) is 334 Å². The molecule has 1 heterocycles. The minimum atomic E-state index is -1.74. The SMILES string of the molecule is CCCCCCCCCCCCCC(=O)N[C@H]1[C@@H](OC(CC(=O)OCc2ccccc2)CC(=O)OCc2ccccc2)O[C@H](COC(=O)C(CCC(=O)OCc2ccccc2)NCC(=O)CCCCCCCCCCCC)[C@@H](O)[C@@H]1OC(=O)CCCCCCCCCCCCC. The number of esters is 5. The molecule has 0 aliphatic carbocycles. The number of ketones is 1. The minimum Gasteiger partial charge on any atom is -0.462 e. The molecule has 6 atom stereocenters. The number of aliphatic hydroxyl groups is 1. The van der Waals surface area contributed by atoms with E-state index in [0.717, 1.165) is 87.3 Å². The third-order valence-electron chi connectivity index (χ3n) is 17.8. The summed E-state index contributed by atoms with van der Waals surface area (Å²) >= 11 is 0. The molecule has 0 aromatic heterocycles. The maximum Gasteiger partial charge on any atom is 0.323 e. The monoisotopic (exact) mass is 1340 g/mol. The molecule has 1 aliphatic rings. The van der Waals surface area contributed by atoms with Gasteiger partial charge in [-0.05, 0) is 42.4 Å². The third kappa shape index (κ3) is 39.4. The van der Waals surface area contributed by atoms with Crippen LogP contribution < -0.4 is 10.6 Å². The zero-order valence-corrected chi connectivity index (χ0v) is 59.0. The van der Waals surface area contributed by atoms with Crippen LogP contribution in [0, 0.1) is 0 Å². The molecule has 0 bridgehead atoms. The smallest absolute Gasteiger partial charge is 0.323 e. The first-order valence-electron chi connectivity index (χ1n) is 37.4. The van der Waals surface area contributed by atoms with Crippen LogP contribution in [0.1, 0.15) is 288 Å². The zero-order valence-electron chi connectivity index (χ0n) is 59.0. The Morgan fingerprint density at radius 3 is 1.26 bits per heavy atom. The van der Waals surface area contributed by atoms with Gasteiger partial charge in [-0.25, -0.2) is 0 Å². The summed E-state index contributed by atoms with van der Waals surface area (Å²) in [6, 6.07) is 24.7. The molecule has 4 rings (SSSR count). The van der Waals surface area contributed by atoms with Gasteiger partial charge in [0.05, 0.1) is 25.5 Å². The standard InChI is InChI=1S/C79H122N2O15/c1-4-7-10-13-16-19-22-25-28-31-43-52-70(83)81-75-77(96-72(85)53-44-32-29-26-23-20-17-14-11-8-5-2)76(88)69(95-79(75)94-67(56-73(86)91-60-64-47-38-34-39-48-64)57-74(87)92-61-65-49-40-35-41-50-65)62-93-78(89)68(54-55-71(84)90-59-63-45-36-33-37-46-63)80-58-66(82)51-42-30-27-24-21-18-15-12-9-6-3/h33-41,45-50,67-69,75-77,79-80,88H,4-32,42-44,51-62H2,1-3H3,(H,81,83)/t68?,69-,75-,76-,77-,79+/m1/s1. The van der Waals surface area contributed by atoms with Crippen LogP contribution >= 0.6 is 0 Å². The number of benzene rings is 3. The lowest BCUT2D eigenvalue weighted by molar-refractivity contribution is -0.286. The topological polar surface area (TPSA) is 228 Å². The highest BCUT2D eigenvalue weighted by molar-refractivity contribution is 5.82. The Bertz CT molecular complexity index is 2460. The number of ether oxygens (including phenoxy) is 7. The molecule has 1 fully saturated rings. The van der Waals surface area contributed by atoms with E-state index in [2.05, 4.69) is 31.4 Å².